The molecule has 0 saturated carbocycles. The molecule has 0 saturated heterocycles. The van der Waals surface area contributed by atoms with Gasteiger partial charge in [0.1, 0.15) is 5.82 Å². The van der Waals surface area contributed by atoms with Crippen LogP contribution in [0.5, 0.6) is 0 Å². The zero-order valence-electron chi connectivity index (χ0n) is 23.0. The number of carbonyl (C=O) groups is 1. The molecule has 2 atom stereocenters. The van der Waals surface area contributed by atoms with Gasteiger partial charge in [-0.25, -0.2) is 8.78 Å². The number of carbonyl (C=O) groups excluding carboxylic acids is 1. The Bertz CT molecular complexity index is 832. The monoisotopic (exact) mass is 512 g/mol. The lowest BCUT2D eigenvalue weighted by molar-refractivity contribution is -0.135. The van der Waals surface area contributed by atoms with E-state index in [-0.39, 0.29) is 17.7 Å². The van der Waals surface area contributed by atoms with Crippen LogP contribution in [0.2, 0.25) is 0 Å². The fourth-order valence-electron chi connectivity index (χ4n) is 5.85. The highest BCUT2D eigenvalue weighted by Gasteiger charge is 2.43. The van der Waals surface area contributed by atoms with Gasteiger partial charge >= 0.3 is 0 Å². The number of methoxy groups -OCH3 is 2. The Morgan fingerprint density at radius 1 is 1.22 bits per heavy atom. The molecule has 0 radical (unpaired) electrons. The van der Waals surface area contributed by atoms with Crippen LogP contribution in [0.4, 0.5) is 8.78 Å². The molecule has 0 aromatic heterocycles. The summed E-state index contributed by atoms with van der Waals surface area (Å²) < 4.78 is 37.6. The zero-order valence-corrected chi connectivity index (χ0v) is 23.0. The highest BCUT2D eigenvalue weighted by molar-refractivity contribution is 5.77. The van der Waals surface area contributed by atoms with Crippen molar-refractivity contribution in [2.75, 3.05) is 67.3 Å². The van der Waals surface area contributed by atoms with Gasteiger partial charge in [-0.3, -0.25) is 4.79 Å². The second-order valence-corrected chi connectivity index (χ2v) is 11.2. The molecule has 1 aliphatic carbocycles. The molecule has 1 amide bonds. The first kappa shape index (κ1) is 30.6. The van der Waals surface area contributed by atoms with E-state index >= 15 is 0 Å². The van der Waals surface area contributed by atoms with E-state index in [1.54, 1.807) is 25.2 Å². The Labute approximate surface area is 215 Å². The first-order valence-corrected chi connectivity index (χ1v) is 13.0. The largest absolute Gasteiger partial charge is 0.389 e. The van der Waals surface area contributed by atoms with Crippen LogP contribution in [0.25, 0.3) is 0 Å². The van der Waals surface area contributed by atoms with Crippen molar-refractivity contribution in [1.82, 2.24) is 9.80 Å². The Hall–Kier alpha value is -1.61. The molecule has 0 spiro atoms. The fraction of sp³-hybridized carbons (Fsp3) is 0.750. The Morgan fingerprint density at radius 2 is 1.89 bits per heavy atom. The lowest BCUT2D eigenvalue weighted by atomic mass is 9.66. The number of aryl methyl sites for hydroxylation is 1. The van der Waals surface area contributed by atoms with E-state index < -0.39 is 23.6 Å². The van der Waals surface area contributed by atoms with Crippen LogP contribution in [0, 0.1) is 17.2 Å². The number of alkyl halides is 1. The molecule has 0 bridgehead atoms. The molecule has 2 unspecified atom stereocenters. The van der Waals surface area contributed by atoms with Gasteiger partial charge in [0, 0.05) is 45.2 Å². The molecular formula is C28H46F2N2O4. The maximum Gasteiger partial charge on any atom is 0.253 e. The molecule has 1 aliphatic rings. The Balaban J connectivity index is 1.95. The second kappa shape index (κ2) is 13.8. The number of nitrogens with zero attached hydrogens (tertiary/aromatic N) is 2. The minimum absolute atomic E-state index is 0.0489. The van der Waals surface area contributed by atoms with Crippen LogP contribution in [0.15, 0.2) is 18.2 Å². The third-order valence-corrected chi connectivity index (χ3v) is 7.43. The standard InChI is InChI=1S/C28H46F2N2O4/c1-21(2)26-24-9-8-23(30)16-22(24)10-11-28(26,34)12-15-31(4)13-7-14-32(25(33)17-29)18-27(3,19-35-5)20-36-6/h8-9,16,21,26,34H,7,10-15,17-20H2,1-6H3. The van der Waals surface area contributed by atoms with Crippen molar-refractivity contribution in [2.24, 2.45) is 11.3 Å². The molecule has 1 aromatic rings. The summed E-state index contributed by atoms with van der Waals surface area (Å²) in [5.74, 6) is -0.584. The van der Waals surface area contributed by atoms with Gasteiger partial charge in [0.15, 0.2) is 6.67 Å². The number of hydrogen-bond donors (Lipinski definition) is 1. The van der Waals surface area contributed by atoms with Crippen molar-refractivity contribution in [2.45, 2.75) is 58.0 Å². The van der Waals surface area contributed by atoms with E-state index in [1.165, 1.54) is 6.07 Å². The third kappa shape index (κ3) is 8.20. The van der Waals surface area contributed by atoms with Gasteiger partial charge in [-0.15, -0.1) is 0 Å². The number of rotatable bonds is 15. The van der Waals surface area contributed by atoms with Gasteiger partial charge in [0.05, 0.1) is 18.8 Å². The van der Waals surface area contributed by atoms with Crippen LogP contribution in [-0.2, 0) is 20.7 Å². The number of amides is 1. The molecule has 206 valence electrons. The van der Waals surface area contributed by atoms with Crippen LogP contribution in [0.3, 0.4) is 0 Å². The average molecular weight is 513 g/mol. The molecule has 6 nitrogen and oxygen atoms in total. The van der Waals surface area contributed by atoms with E-state index in [0.717, 1.165) is 11.1 Å². The minimum atomic E-state index is -1.03. The Morgan fingerprint density at radius 3 is 2.47 bits per heavy atom. The van der Waals surface area contributed by atoms with Gasteiger partial charge in [-0.05, 0) is 68.5 Å². The predicted molar refractivity (Wildman–Crippen MR) is 138 cm³/mol. The van der Waals surface area contributed by atoms with Gasteiger partial charge in [0.2, 0.25) is 0 Å². The van der Waals surface area contributed by atoms with Crippen molar-refractivity contribution in [3.05, 3.63) is 35.1 Å². The van der Waals surface area contributed by atoms with Gasteiger partial charge in [-0.2, -0.15) is 0 Å². The number of aliphatic hydroxyl groups is 1. The van der Waals surface area contributed by atoms with E-state index in [4.69, 9.17) is 9.47 Å². The lowest BCUT2D eigenvalue weighted by Gasteiger charge is -2.44. The van der Waals surface area contributed by atoms with Crippen LogP contribution in [-0.4, -0.2) is 93.7 Å². The highest BCUT2D eigenvalue weighted by Crippen LogP contribution is 2.45. The molecule has 8 heteroatoms. The van der Waals surface area contributed by atoms with Crippen LogP contribution < -0.4 is 0 Å². The van der Waals surface area contributed by atoms with Gasteiger partial charge < -0.3 is 24.4 Å². The summed E-state index contributed by atoms with van der Waals surface area (Å²) in [6.45, 7) is 8.16. The molecule has 1 aromatic carbocycles. The molecule has 0 aliphatic heterocycles. The van der Waals surface area contributed by atoms with Crippen molar-refractivity contribution in [3.63, 3.8) is 0 Å². The summed E-state index contributed by atoms with van der Waals surface area (Å²) in [6, 6.07) is 4.92. The number of halogens is 2. The van der Waals surface area contributed by atoms with Crippen LogP contribution in [0.1, 0.15) is 57.1 Å². The topological polar surface area (TPSA) is 62.2 Å². The van der Waals surface area contributed by atoms with Crippen molar-refractivity contribution in [3.8, 4) is 0 Å². The Kier molecular flexibility index (Phi) is 11.7. The number of hydrogen-bond acceptors (Lipinski definition) is 5. The summed E-state index contributed by atoms with van der Waals surface area (Å²) in [5, 5.41) is 11.7. The summed E-state index contributed by atoms with van der Waals surface area (Å²) in [4.78, 5) is 16.0. The smallest absolute Gasteiger partial charge is 0.253 e. The first-order valence-electron chi connectivity index (χ1n) is 13.0. The number of ether oxygens (including phenoxy) is 2. The van der Waals surface area contributed by atoms with Gasteiger partial charge in [0.25, 0.3) is 5.91 Å². The zero-order chi connectivity index (χ0) is 26.9. The number of fused-ring (bicyclic) bond motifs is 1. The van der Waals surface area contributed by atoms with Crippen molar-refractivity contribution >= 4 is 5.91 Å². The summed E-state index contributed by atoms with van der Waals surface area (Å²) in [6.07, 6.45) is 2.57. The quantitative estimate of drug-likeness (QED) is 0.384. The molecule has 1 N–H and O–H groups in total. The summed E-state index contributed by atoms with van der Waals surface area (Å²) >= 11 is 0. The van der Waals surface area contributed by atoms with Crippen molar-refractivity contribution < 1.29 is 28.2 Å². The molecule has 2 rings (SSSR count). The lowest BCUT2D eigenvalue weighted by Crippen LogP contribution is -2.46. The van der Waals surface area contributed by atoms with Crippen molar-refractivity contribution in [1.29, 1.82) is 0 Å². The van der Waals surface area contributed by atoms with E-state index in [0.29, 0.717) is 65.1 Å². The maximum atomic E-state index is 13.8. The summed E-state index contributed by atoms with van der Waals surface area (Å²) in [7, 11) is 5.21. The molecule has 0 fully saturated rings. The summed E-state index contributed by atoms with van der Waals surface area (Å²) in [5.41, 5.74) is 0.776. The van der Waals surface area contributed by atoms with E-state index in [9.17, 15) is 18.7 Å². The second-order valence-electron chi connectivity index (χ2n) is 11.2. The minimum Gasteiger partial charge on any atom is -0.389 e. The average Bonchev–Trinajstić information content (AvgIpc) is 2.81. The molecule has 0 heterocycles. The number of benzene rings is 1. The third-order valence-electron chi connectivity index (χ3n) is 7.43. The SMILES string of the molecule is COCC(C)(COC)CN(CCCN(C)CCC1(O)CCc2cc(F)ccc2C1C(C)C)C(=O)CF. The molecular weight excluding hydrogens is 466 g/mol. The van der Waals surface area contributed by atoms with E-state index in [2.05, 4.69) is 18.7 Å². The maximum absolute atomic E-state index is 13.8. The van der Waals surface area contributed by atoms with Crippen LogP contribution >= 0.6 is 0 Å². The first-order chi connectivity index (χ1) is 17.0. The van der Waals surface area contributed by atoms with E-state index in [1.807, 2.05) is 20.0 Å². The molecule has 36 heavy (non-hydrogen) atoms. The van der Waals surface area contributed by atoms with Gasteiger partial charge in [-0.1, -0.05) is 26.8 Å². The highest BCUT2D eigenvalue weighted by atomic mass is 19.1. The predicted octanol–water partition coefficient (Wildman–Crippen LogP) is 4.05. The fourth-order valence-corrected chi connectivity index (χ4v) is 5.85. The normalized spacial score (nSPS) is 20.1.